The zero-order chi connectivity index (χ0) is 24.9. The maximum atomic E-state index is 12.4. The Kier molecular flexibility index (Phi) is 7.26. The molecule has 3 N–H and O–H groups in total. The zero-order valence-corrected chi connectivity index (χ0v) is 20.1. The van der Waals surface area contributed by atoms with Crippen LogP contribution in [-0.2, 0) is 16.1 Å². The van der Waals surface area contributed by atoms with Gasteiger partial charge in [-0.2, -0.15) is 0 Å². The summed E-state index contributed by atoms with van der Waals surface area (Å²) in [6, 6.07) is 16.3. The lowest BCUT2D eigenvalue weighted by Crippen LogP contribution is -2.25. The van der Waals surface area contributed by atoms with E-state index in [1.54, 1.807) is 6.92 Å². The van der Waals surface area contributed by atoms with Gasteiger partial charge in [-0.15, -0.1) is 11.3 Å². The highest BCUT2D eigenvalue weighted by atomic mass is 32.1. The van der Waals surface area contributed by atoms with E-state index in [0.29, 0.717) is 15.6 Å². The Labute approximate surface area is 206 Å². The summed E-state index contributed by atoms with van der Waals surface area (Å²) in [6.07, 6.45) is 0.871. The highest BCUT2D eigenvalue weighted by Crippen LogP contribution is 2.44. The van der Waals surface area contributed by atoms with Gasteiger partial charge in [0.1, 0.15) is 16.5 Å². The Morgan fingerprint density at radius 1 is 1.06 bits per heavy atom. The average molecular weight is 492 g/mol. The Bertz CT molecular complexity index is 1270. The number of thiazole rings is 1. The molecule has 0 aliphatic heterocycles. The molecular weight excluding hydrogens is 466 g/mol. The van der Waals surface area contributed by atoms with E-state index in [1.165, 1.54) is 24.3 Å². The van der Waals surface area contributed by atoms with Gasteiger partial charge < -0.3 is 20.5 Å². The van der Waals surface area contributed by atoms with E-state index in [1.807, 2.05) is 24.3 Å². The lowest BCUT2D eigenvalue weighted by atomic mass is 9.98. The van der Waals surface area contributed by atoms with Crippen molar-refractivity contribution in [1.29, 1.82) is 0 Å². The predicted octanol–water partition coefficient (Wildman–Crippen LogP) is 4.25. The van der Waals surface area contributed by atoms with Crippen molar-refractivity contribution in [3.05, 3.63) is 86.9 Å². The molecule has 1 aliphatic carbocycles. The monoisotopic (exact) mass is 491 g/mol. The Morgan fingerprint density at radius 3 is 2.31 bits per heavy atom. The van der Waals surface area contributed by atoms with E-state index in [-0.39, 0.29) is 37.1 Å². The van der Waals surface area contributed by atoms with Crippen molar-refractivity contribution in [3.8, 4) is 11.1 Å². The minimum Gasteiger partial charge on any atom is -0.478 e. The third-order valence-electron chi connectivity index (χ3n) is 5.78. The maximum absolute atomic E-state index is 12.4. The van der Waals surface area contributed by atoms with E-state index >= 15 is 0 Å². The van der Waals surface area contributed by atoms with E-state index < -0.39 is 12.1 Å². The molecule has 35 heavy (non-hydrogen) atoms. The standard InChI is InChI=1S/C26H25N3O5S/c1-15(25(31)32)11-12-27-24(30)23-16(2)29-22(35-23)13-28-26(33)34-14-21-19-9-5-3-7-17(19)18-8-4-6-10-20(18)21/h3-11,21H,12-14H2,1-2H3,(H,27,30)(H,28,33)(H,31,32)/b15-11+. The molecule has 0 fully saturated rings. The largest absolute Gasteiger partial charge is 0.478 e. The minimum atomic E-state index is -1.03. The number of rotatable bonds is 8. The first-order valence-corrected chi connectivity index (χ1v) is 11.9. The van der Waals surface area contributed by atoms with Gasteiger partial charge >= 0.3 is 12.1 Å². The first-order valence-electron chi connectivity index (χ1n) is 11.1. The normalized spacial score (nSPS) is 12.6. The molecule has 0 saturated heterocycles. The molecule has 1 aliphatic rings. The van der Waals surface area contributed by atoms with Crippen LogP contribution in [0.15, 0.2) is 60.2 Å². The fraction of sp³-hybridized carbons (Fsp3) is 0.231. The summed E-state index contributed by atoms with van der Waals surface area (Å²) in [5, 5.41) is 14.8. The molecule has 0 spiro atoms. The molecule has 2 aromatic carbocycles. The molecule has 9 heteroatoms. The van der Waals surface area contributed by atoms with Gasteiger partial charge in [0.25, 0.3) is 5.91 Å². The van der Waals surface area contributed by atoms with E-state index in [2.05, 4.69) is 39.9 Å². The zero-order valence-electron chi connectivity index (χ0n) is 19.3. The van der Waals surface area contributed by atoms with Gasteiger partial charge in [-0.3, -0.25) is 4.79 Å². The predicted molar refractivity (Wildman–Crippen MR) is 132 cm³/mol. The number of aromatic nitrogens is 1. The number of benzene rings is 2. The SMILES string of the molecule is C/C(=C\CNC(=O)c1sc(CNC(=O)OCC2c3ccccc3-c3ccccc32)nc1C)C(=O)O. The highest BCUT2D eigenvalue weighted by Gasteiger charge is 2.29. The van der Waals surface area contributed by atoms with Crippen molar-refractivity contribution in [2.75, 3.05) is 13.2 Å². The number of hydrogen-bond acceptors (Lipinski definition) is 6. The molecule has 0 saturated carbocycles. The number of aryl methyl sites for hydroxylation is 1. The maximum Gasteiger partial charge on any atom is 0.407 e. The summed E-state index contributed by atoms with van der Waals surface area (Å²) in [7, 11) is 0. The number of carboxylic acids is 1. The number of nitrogens with one attached hydrogen (secondary N) is 2. The van der Waals surface area contributed by atoms with Crippen molar-refractivity contribution < 1.29 is 24.2 Å². The summed E-state index contributed by atoms with van der Waals surface area (Å²) < 4.78 is 5.53. The third-order valence-corrected chi connectivity index (χ3v) is 6.94. The van der Waals surface area contributed by atoms with Crippen LogP contribution in [-0.4, -0.2) is 41.2 Å². The number of nitrogens with zero attached hydrogens (tertiary/aromatic N) is 1. The molecule has 0 unspecified atom stereocenters. The number of carbonyl (C=O) groups excluding carboxylic acids is 2. The lowest BCUT2D eigenvalue weighted by molar-refractivity contribution is -0.132. The van der Waals surface area contributed by atoms with Crippen LogP contribution in [0.1, 0.15) is 44.3 Å². The third kappa shape index (κ3) is 5.41. The van der Waals surface area contributed by atoms with Gasteiger partial charge in [-0.05, 0) is 36.1 Å². The molecule has 0 atom stereocenters. The second kappa shape index (κ2) is 10.5. The fourth-order valence-electron chi connectivity index (χ4n) is 4.00. The van der Waals surface area contributed by atoms with Gasteiger partial charge in [0, 0.05) is 18.0 Å². The van der Waals surface area contributed by atoms with Crippen LogP contribution in [0.5, 0.6) is 0 Å². The summed E-state index contributed by atoms with van der Waals surface area (Å²) in [5.74, 6) is -1.40. The van der Waals surface area contributed by atoms with Gasteiger partial charge in [0.2, 0.25) is 0 Å². The van der Waals surface area contributed by atoms with Crippen LogP contribution >= 0.6 is 11.3 Å². The van der Waals surface area contributed by atoms with Gasteiger partial charge in [0.05, 0.1) is 12.2 Å². The molecule has 4 rings (SSSR count). The summed E-state index contributed by atoms with van der Waals surface area (Å²) in [5.41, 5.74) is 5.29. The van der Waals surface area contributed by atoms with Crippen LogP contribution in [0.4, 0.5) is 4.79 Å². The van der Waals surface area contributed by atoms with Crippen LogP contribution in [0, 0.1) is 6.92 Å². The molecule has 0 radical (unpaired) electrons. The van der Waals surface area contributed by atoms with Gasteiger partial charge in [-0.25, -0.2) is 14.6 Å². The minimum absolute atomic E-state index is 0.0237. The van der Waals surface area contributed by atoms with Crippen LogP contribution in [0.2, 0.25) is 0 Å². The number of aliphatic carboxylic acids is 1. The molecule has 1 heterocycles. The van der Waals surface area contributed by atoms with Crippen molar-refractivity contribution in [3.63, 3.8) is 0 Å². The highest BCUT2D eigenvalue weighted by molar-refractivity contribution is 7.13. The summed E-state index contributed by atoms with van der Waals surface area (Å²) in [6.45, 7) is 3.61. The van der Waals surface area contributed by atoms with Crippen LogP contribution in [0.3, 0.4) is 0 Å². The topological polar surface area (TPSA) is 118 Å². The quantitative estimate of drug-likeness (QED) is 0.406. The van der Waals surface area contributed by atoms with Gasteiger partial charge in [-0.1, -0.05) is 54.6 Å². The molecule has 180 valence electrons. The molecule has 8 nitrogen and oxygen atoms in total. The Morgan fingerprint density at radius 2 is 1.69 bits per heavy atom. The lowest BCUT2D eigenvalue weighted by Gasteiger charge is -2.14. The first kappa shape index (κ1) is 24.2. The smallest absolute Gasteiger partial charge is 0.407 e. The molecule has 3 aromatic rings. The van der Waals surface area contributed by atoms with Crippen molar-refractivity contribution >= 4 is 29.3 Å². The van der Waals surface area contributed by atoms with Crippen molar-refractivity contribution in [2.45, 2.75) is 26.3 Å². The number of fused-ring (bicyclic) bond motifs is 3. The molecule has 2 amide bonds. The molecule has 0 bridgehead atoms. The number of amides is 2. The van der Waals surface area contributed by atoms with E-state index in [9.17, 15) is 14.4 Å². The number of carbonyl (C=O) groups is 3. The second-order valence-electron chi connectivity index (χ2n) is 8.10. The van der Waals surface area contributed by atoms with Crippen LogP contribution in [0.25, 0.3) is 11.1 Å². The number of hydrogen-bond donors (Lipinski definition) is 3. The van der Waals surface area contributed by atoms with Crippen molar-refractivity contribution in [1.82, 2.24) is 15.6 Å². The van der Waals surface area contributed by atoms with Crippen LogP contribution < -0.4 is 10.6 Å². The number of ether oxygens (including phenoxy) is 1. The van der Waals surface area contributed by atoms with Crippen molar-refractivity contribution in [2.24, 2.45) is 0 Å². The summed E-state index contributed by atoms with van der Waals surface area (Å²) >= 11 is 1.17. The Balaban J connectivity index is 1.31. The average Bonchev–Trinajstić information content (AvgIpc) is 3.38. The molecule has 1 aromatic heterocycles. The first-order chi connectivity index (χ1) is 16.8. The fourth-order valence-corrected chi connectivity index (χ4v) is 4.92. The number of carboxylic acid groups (broad SMARTS) is 1. The Hall–Kier alpha value is -3.98. The summed E-state index contributed by atoms with van der Waals surface area (Å²) in [4.78, 5) is 40.4. The number of alkyl carbamates (subject to hydrolysis) is 1. The van der Waals surface area contributed by atoms with Gasteiger partial charge in [0.15, 0.2) is 0 Å². The van der Waals surface area contributed by atoms with E-state index in [4.69, 9.17) is 9.84 Å². The second-order valence-corrected chi connectivity index (χ2v) is 9.19. The van der Waals surface area contributed by atoms with E-state index in [0.717, 1.165) is 22.3 Å². The molecular formula is C26H25N3O5S.